The molecule has 1 aliphatic carbocycles. The molecule has 0 spiro atoms. The summed E-state index contributed by atoms with van der Waals surface area (Å²) in [4.78, 5) is 0. The number of benzene rings is 1. The molecule has 0 bridgehead atoms. The maximum absolute atomic E-state index is 5.45. The zero-order valence-electron chi connectivity index (χ0n) is 8.45. The van der Waals surface area contributed by atoms with Gasteiger partial charge in [0.15, 0.2) is 0 Å². The van der Waals surface area contributed by atoms with E-state index in [0.717, 1.165) is 18.9 Å². The summed E-state index contributed by atoms with van der Waals surface area (Å²) in [6, 6.07) is 8.68. The van der Waals surface area contributed by atoms with E-state index < -0.39 is 0 Å². The first-order valence-electron chi connectivity index (χ1n) is 5.37. The topological polar surface area (TPSA) is 26.0 Å². The lowest BCUT2D eigenvalue weighted by Gasteiger charge is -2.02. The van der Waals surface area contributed by atoms with E-state index in [1.165, 1.54) is 24.0 Å². The van der Waals surface area contributed by atoms with E-state index >= 15 is 0 Å². The average Bonchev–Trinajstić information content (AvgIpc) is 3.03. The van der Waals surface area contributed by atoms with E-state index in [1.54, 1.807) is 0 Å². The van der Waals surface area contributed by atoms with Crippen LogP contribution in [-0.4, -0.2) is 6.54 Å². The first-order chi connectivity index (χ1) is 6.92. The van der Waals surface area contributed by atoms with Crippen LogP contribution in [0.4, 0.5) is 0 Å². The van der Waals surface area contributed by atoms with Crippen LogP contribution in [0.25, 0.3) is 6.08 Å². The van der Waals surface area contributed by atoms with Crippen LogP contribution in [0, 0.1) is 0 Å². The first kappa shape index (κ1) is 9.47. The molecule has 0 atom stereocenters. The lowest BCUT2D eigenvalue weighted by molar-refractivity contribution is 1.01. The zero-order valence-corrected chi connectivity index (χ0v) is 8.45. The molecule has 1 fully saturated rings. The molecule has 2 rings (SSSR count). The van der Waals surface area contributed by atoms with Crippen molar-refractivity contribution in [2.45, 2.75) is 25.2 Å². The second-order valence-corrected chi connectivity index (χ2v) is 3.88. The van der Waals surface area contributed by atoms with E-state index in [2.05, 4.69) is 36.4 Å². The highest BCUT2D eigenvalue weighted by Crippen LogP contribution is 2.41. The fourth-order valence-corrected chi connectivity index (χ4v) is 1.74. The lowest BCUT2D eigenvalue weighted by atomic mass is 10.0. The molecule has 1 heteroatoms. The molecule has 0 radical (unpaired) electrons. The Kier molecular flexibility index (Phi) is 3.00. The van der Waals surface area contributed by atoms with Crippen molar-refractivity contribution in [1.29, 1.82) is 0 Å². The van der Waals surface area contributed by atoms with Gasteiger partial charge in [-0.15, -0.1) is 0 Å². The van der Waals surface area contributed by atoms with Crippen molar-refractivity contribution >= 4 is 6.08 Å². The molecule has 74 valence electrons. The smallest absolute Gasteiger partial charge is 0.00425 e. The molecule has 0 saturated heterocycles. The van der Waals surface area contributed by atoms with Gasteiger partial charge in [0, 0.05) is 0 Å². The molecule has 1 aliphatic rings. The van der Waals surface area contributed by atoms with Crippen molar-refractivity contribution in [3.8, 4) is 0 Å². The van der Waals surface area contributed by atoms with Gasteiger partial charge < -0.3 is 5.73 Å². The van der Waals surface area contributed by atoms with Crippen molar-refractivity contribution in [2.24, 2.45) is 5.73 Å². The molecule has 1 saturated carbocycles. The monoisotopic (exact) mass is 187 g/mol. The summed E-state index contributed by atoms with van der Waals surface area (Å²) in [7, 11) is 0. The van der Waals surface area contributed by atoms with E-state index in [0.29, 0.717) is 0 Å². The summed E-state index contributed by atoms with van der Waals surface area (Å²) in [6.07, 6.45) is 8.07. The van der Waals surface area contributed by atoms with E-state index in [9.17, 15) is 0 Å². The molecule has 0 amide bonds. The summed E-state index contributed by atoms with van der Waals surface area (Å²) >= 11 is 0. The molecule has 1 aromatic rings. The Morgan fingerprint density at radius 2 is 2.07 bits per heavy atom. The summed E-state index contributed by atoms with van der Waals surface area (Å²) in [6.45, 7) is 0.738. The van der Waals surface area contributed by atoms with Crippen LogP contribution in [0.2, 0.25) is 0 Å². The van der Waals surface area contributed by atoms with Crippen LogP contribution < -0.4 is 5.73 Å². The molecule has 1 nitrogen and oxygen atoms in total. The van der Waals surface area contributed by atoms with Crippen molar-refractivity contribution in [3.05, 3.63) is 41.5 Å². The predicted octanol–water partition coefficient (Wildman–Crippen LogP) is 2.93. The Hall–Kier alpha value is -1.08. The third-order valence-corrected chi connectivity index (χ3v) is 2.64. The largest absolute Gasteiger partial charge is 0.330 e. The van der Waals surface area contributed by atoms with Gasteiger partial charge in [0.1, 0.15) is 0 Å². The fourth-order valence-electron chi connectivity index (χ4n) is 1.74. The van der Waals surface area contributed by atoms with Crippen LogP contribution >= 0.6 is 0 Å². The van der Waals surface area contributed by atoms with Gasteiger partial charge in [0.25, 0.3) is 0 Å². The lowest BCUT2D eigenvalue weighted by Crippen LogP contribution is -1.95. The van der Waals surface area contributed by atoms with Gasteiger partial charge in [0.2, 0.25) is 0 Å². The van der Waals surface area contributed by atoms with Crippen molar-refractivity contribution in [3.63, 3.8) is 0 Å². The van der Waals surface area contributed by atoms with Gasteiger partial charge in [-0.2, -0.15) is 0 Å². The minimum Gasteiger partial charge on any atom is -0.330 e. The van der Waals surface area contributed by atoms with Gasteiger partial charge in [-0.05, 0) is 42.9 Å². The number of hydrogen-bond donors (Lipinski definition) is 1. The molecular formula is C13H17N. The SMILES string of the molecule is NCCC=Cc1ccccc1C1CC1. The summed E-state index contributed by atoms with van der Waals surface area (Å²) in [5.74, 6) is 0.828. The minimum atomic E-state index is 0.738. The highest BCUT2D eigenvalue weighted by atomic mass is 14.5. The molecule has 0 heterocycles. The molecule has 0 aromatic heterocycles. The second kappa shape index (κ2) is 4.43. The molecule has 0 aliphatic heterocycles. The standard InChI is InChI=1S/C13H17N/c14-10-4-3-6-11-5-1-2-7-13(11)12-8-9-12/h1-3,5-7,12H,4,8-10,14H2. The molecule has 1 aromatic carbocycles. The van der Waals surface area contributed by atoms with Crippen LogP contribution in [0.5, 0.6) is 0 Å². The quantitative estimate of drug-likeness (QED) is 0.770. The Labute approximate surface area is 85.6 Å². The normalized spacial score (nSPS) is 16.4. The van der Waals surface area contributed by atoms with Crippen molar-refractivity contribution < 1.29 is 0 Å². The number of hydrogen-bond acceptors (Lipinski definition) is 1. The van der Waals surface area contributed by atoms with Crippen molar-refractivity contribution in [2.75, 3.05) is 6.54 Å². The number of nitrogens with two attached hydrogens (primary N) is 1. The highest BCUT2D eigenvalue weighted by molar-refractivity contribution is 5.55. The summed E-state index contributed by atoms with van der Waals surface area (Å²) in [5, 5.41) is 0. The first-order valence-corrected chi connectivity index (χ1v) is 5.37. The summed E-state index contributed by atoms with van der Waals surface area (Å²) < 4.78 is 0. The minimum absolute atomic E-state index is 0.738. The van der Waals surface area contributed by atoms with Gasteiger partial charge in [-0.1, -0.05) is 36.4 Å². The van der Waals surface area contributed by atoms with Crippen LogP contribution in [0.3, 0.4) is 0 Å². The highest BCUT2D eigenvalue weighted by Gasteiger charge is 2.24. The average molecular weight is 187 g/mol. The van der Waals surface area contributed by atoms with Crippen LogP contribution in [0.15, 0.2) is 30.3 Å². The molecular weight excluding hydrogens is 170 g/mol. The van der Waals surface area contributed by atoms with Crippen LogP contribution in [0.1, 0.15) is 36.3 Å². The van der Waals surface area contributed by atoms with Gasteiger partial charge >= 0.3 is 0 Å². The second-order valence-electron chi connectivity index (χ2n) is 3.88. The Morgan fingerprint density at radius 3 is 2.79 bits per heavy atom. The molecule has 2 N–H and O–H groups in total. The number of rotatable bonds is 4. The van der Waals surface area contributed by atoms with Gasteiger partial charge in [-0.3, -0.25) is 0 Å². The zero-order chi connectivity index (χ0) is 9.80. The maximum atomic E-state index is 5.45. The molecule has 14 heavy (non-hydrogen) atoms. The fraction of sp³-hybridized carbons (Fsp3) is 0.385. The predicted molar refractivity (Wildman–Crippen MR) is 61.1 cm³/mol. The Balaban J connectivity index is 2.14. The maximum Gasteiger partial charge on any atom is -0.00425 e. The Morgan fingerprint density at radius 1 is 1.29 bits per heavy atom. The van der Waals surface area contributed by atoms with Crippen LogP contribution in [-0.2, 0) is 0 Å². The van der Waals surface area contributed by atoms with Gasteiger partial charge in [-0.25, -0.2) is 0 Å². The Bertz CT molecular complexity index is 324. The summed E-state index contributed by atoms with van der Waals surface area (Å²) in [5.41, 5.74) is 8.34. The third-order valence-electron chi connectivity index (χ3n) is 2.64. The van der Waals surface area contributed by atoms with E-state index in [1.807, 2.05) is 0 Å². The third kappa shape index (κ3) is 2.24. The molecule has 0 unspecified atom stereocenters. The van der Waals surface area contributed by atoms with Crippen molar-refractivity contribution in [1.82, 2.24) is 0 Å². The van der Waals surface area contributed by atoms with E-state index in [4.69, 9.17) is 5.73 Å². The van der Waals surface area contributed by atoms with Gasteiger partial charge in [0.05, 0.1) is 0 Å². The van der Waals surface area contributed by atoms with E-state index in [-0.39, 0.29) is 0 Å².